The Kier molecular flexibility index (Phi) is 8.53. The fourth-order valence-corrected chi connectivity index (χ4v) is 8.87. The molecule has 0 unspecified atom stereocenters. The van der Waals surface area contributed by atoms with Crippen molar-refractivity contribution in [3.63, 3.8) is 0 Å². The lowest BCUT2D eigenvalue weighted by atomic mass is 10.3. The Morgan fingerprint density at radius 2 is 0.750 bits per heavy atom. The molecule has 0 aliphatic heterocycles. The van der Waals surface area contributed by atoms with Gasteiger partial charge in [-0.25, -0.2) is 9.13 Å². The molecule has 0 amide bonds. The first-order valence-electron chi connectivity index (χ1n) is 11.7. The highest BCUT2D eigenvalue weighted by Crippen LogP contribution is 2.70. The lowest BCUT2D eigenvalue weighted by Gasteiger charge is -2.32. The molecule has 0 aliphatic carbocycles. The Morgan fingerprint density at radius 1 is 0.500 bits per heavy atom. The first kappa shape index (κ1) is 25.6. The molecule has 0 heterocycles. The van der Waals surface area contributed by atoms with E-state index in [4.69, 9.17) is 18.1 Å². The normalized spacial score (nSPS) is 11.6. The summed E-state index contributed by atoms with van der Waals surface area (Å²) in [5, 5.41) is -1.23. The first-order chi connectivity index (χ1) is 17.5. The summed E-state index contributed by atoms with van der Waals surface area (Å²) in [6, 6.07) is 34.7. The maximum Gasteiger partial charge on any atom is 0.448 e. The largest absolute Gasteiger partial charge is 0.448 e. The monoisotopic (exact) mass is 522 g/mol. The summed E-state index contributed by atoms with van der Waals surface area (Å²) < 4.78 is 53.6. The quantitative estimate of drug-likeness (QED) is 0.173. The van der Waals surface area contributed by atoms with Crippen LogP contribution < -0.4 is 18.1 Å². The fourth-order valence-electron chi connectivity index (χ4n) is 3.54. The zero-order valence-corrected chi connectivity index (χ0v) is 21.7. The number of para-hydroxylation sites is 4. The van der Waals surface area contributed by atoms with Crippen LogP contribution in [0.15, 0.2) is 121 Å². The van der Waals surface area contributed by atoms with Crippen LogP contribution in [0.1, 0.15) is 19.8 Å². The van der Waals surface area contributed by atoms with Gasteiger partial charge < -0.3 is 18.1 Å². The Balaban J connectivity index is 1.82. The number of hydrogen-bond acceptors (Lipinski definition) is 6. The van der Waals surface area contributed by atoms with Gasteiger partial charge in [0.05, 0.1) is 0 Å². The van der Waals surface area contributed by atoms with Gasteiger partial charge in [0.15, 0.2) is 0 Å². The molecule has 0 fully saturated rings. The summed E-state index contributed by atoms with van der Waals surface area (Å²) >= 11 is 0. The third kappa shape index (κ3) is 6.60. The van der Waals surface area contributed by atoms with E-state index in [0.29, 0.717) is 29.4 Å². The van der Waals surface area contributed by atoms with Gasteiger partial charge in [0, 0.05) is 0 Å². The minimum absolute atomic E-state index is 0.202. The molecule has 186 valence electrons. The van der Waals surface area contributed by atoms with E-state index in [0.717, 1.165) is 0 Å². The molecule has 0 saturated heterocycles. The SMILES string of the molecule is CCCC(P(=O)(Oc1ccccc1)Oc1ccccc1)P(=O)(Oc1ccccc1)Oc1ccccc1. The second-order valence-electron chi connectivity index (χ2n) is 7.97. The number of hydrogen-bond donors (Lipinski definition) is 0. The van der Waals surface area contributed by atoms with E-state index in [9.17, 15) is 9.13 Å². The third-order valence-electron chi connectivity index (χ3n) is 5.18. The average Bonchev–Trinajstić information content (AvgIpc) is 2.89. The van der Waals surface area contributed by atoms with Gasteiger partial charge in [0.1, 0.15) is 23.0 Å². The van der Waals surface area contributed by atoms with Gasteiger partial charge in [-0.2, -0.15) is 0 Å². The van der Waals surface area contributed by atoms with E-state index < -0.39 is 20.6 Å². The predicted molar refractivity (Wildman–Crippen MR) is 142 cm³/mol. The summed E-state index contributed by atoms with van der Waals surface area (Å²) in [4.78, 5) is 0. The topological polar surface area (TPSA) is 71.1 Å². The van der Waals surface area contributed by atoms with E-state index in [1.807, 2.05) is 31.2 Å². The molecular formula is C28H28O6P2. The highest BCUT2D eigenvalue weighted by molar-refractivity contribution is 7.73. The summed E-state index contributed by atoms with van der Waals surface area (Å²) in [6.45, 7) is 1.90. The van der Waals surface area contributed by atoms with Gasteiger partial charge in [0.25, 0.3) is 0 Å². The van der Waals surface area contributed by atoms with Crippen LogP contribution in [0.3, 0.4) is 0 Å². The maximum absolute atomic E-state index is 14.7. The third-order valence-corrected chi connectivity index (χ3v) is 10.7. The van der Waals surface area contributed by atoms with E-state index in [1.54, 1.807) is 97.1 Å². The summed E-state index contributed by atoms with van der Waals surface area (Å²) in [5.41, 5.74) is 0. The van der Waals surface area contributed by atoms with Gasteiger partial charge in [-0.05, 0) is 55.0 Å². The van der Waals surface area contributed by atoms with Gasteiger partial charge in [-0.3, -0.25) is 0 Å². The summed E-state index contributed by atoms with van der Waals surface area (Å²) in [6.07, 6.45) is 0.735. The lowest BCUT2D eigenvalue weighted by Crippen LogP contribution is -2.22. The lowest BCUT2D eigenvalue weighted by molar-refractivity contribution is 0.349. The molecule has 0 atom stereocenters. The van der Waals surface area contributed by atoms with Crippen LogP contribution in [0.25, 0.3) is 0 Å². The van der Waals surface area contributed by atoms with Crippen molar-refractivity contribution in [3.8, 4) is 23.0 Å². The van der Waals surface area contributed by atoms with Crippen LogP contribution in [0, 0.1) is 0 Å². The van der Waals surface area contributed by atoms with E-state index in [1.165, 1.54) is 0 Å². The molecule has 4 aromatic rings. The van der Waals surface area contributed by atoms with Gasteiger partial charge in [0.2, 0.25) is 5.40 Å². The Morgan fingerprint density at radius 3 is 0.972 bits per heavy atom. The first-order valence-corrected chi connectivity index (χ1v) is 14.9. The van der Waals surface area contributed by atoms with Crippen molar-refractivity contribution in [2.24, 2.45) is 0 Å². The molecule has 0 aromatic heterocycles. The van der Waals surface area contributed by atoms with Crippen LogP contribution in [0.5, 0.6) is 23.0 Å². The molecule has 0 N–H and O–H groups in total. The molecule has 4 aromatic carbocycles. The Labute approximate surface area is 211 Å². The molecule has 0 radical (unpaired) electrons. The van der Waals surface area contributed by atoms with Crippen molar-refractivity contribution in [2.75, 3.05) is 0 Å². The molecule has 0 bridgehead atoms. The predicted octanol–water partition coefficient (Wildman–Crippen LogP) is 8.81. The van der Waals surface area contributed by atoms with Gasteiger partial charge in [-0.1, -0.05) is 86.1 Å². The van der Waals surface area contributed by atoms with Crippen LogP contribution in [0.2, 0.25) is 0 Å². The maximum atomic E-state index is 14.7. The van der Waals surface area contributed by atoms with Crippen molar-refractivity contribution in [1.29, 1.82) is 0 Å². The Bertz CT molecular complexity index is 1110. The highest BCUT2D eigenvalue weighted by Gasteiger charge is 2.55. The standard InChI is InChI=1S/C28H28O6P2/c1-2-15-28(35(29,31-24-16-7-3-8-17-24)32-25-18-9-4-10-19-25)36(30,33-26-20-11-5-12-21-26)34-27-22-13-6-14-23-27/h3-14,16-23,28H,2,15H2,1H3. The highest BCUT2D eigenvalue weighted by atomic mass is 31.2. The molecule has 0 saturated carbocycles. The van der Waals surface area contributed by atoms with Crippen molar-refractivity contribution < 1.29 is 27.2 Å². The van der Waals surface area contributed by atoms with Crippen LogP contribution in [0.4, 0.5) is 0 Å². The smallest absolute Gasteiger partial charge is 0.415 e. The molecular weight excluding hydrogens is 494 g/mol. The van der Waals surface area contributed by atoms with Gasteiger partial charge in [-0.15, -0.1) is 0 Å². The van der Waals surface area contributed by atoms with E-state index in [-0.39, 0.29) is 6.42 Å². The van der Waals surface area contributed by atoms with Crippen molar-refractivity contribution >= 4 is 15.2 Å². The molecule has 8 heteroatoms. The molecule has 0 aliphatic rings. The van der Waals surface area contributed by atoms with E-state index >= 15 is 0 Å². The van der Waals surface area contributed by atoms with Crippen molar-refractivity contribution in [1.82, 2.24) is 0 Å². The van der Waals surface area contributed by atoms with E-state index in [2.05, 4.69) is 0 Å². The zero-order chi connectivity index (χ0) is 25.3. The summed E-state index contributed by atoms with van der Waals surface area (Å²) in [5.74, 6) is 1.29. The molecule has 6 nitrogen and oxygen atoms in total. The van der Waals surface area contributed by atoms with Crippen LogP contribution >= 0.6 is 15.2 Å². The molecule has 4 rings (SSSR count). The average molecular weight is 522 g/mol. The second kappa shape index (κ2) is 12.0. The van der Waals surface area contributed by atoms with Gasteiger partial charge >= 0.3 is 15.2 Å². The molecule has 0 spiro atoms. The minimum Gasteiger partial charge on any atom is -0.415 e. The zero-order valence-electron chi connectivity index (χ0n) is 19.9. The van der Waals surface area contributed by atoms with Crippen LogP contribution in [-0.2, 0) is 9.13 Å². The second-order valence-corrected chi connectivity index (χ2v) is 12.5. The number of benzene rings is 4. The minimum atomic E-state index is -4.20. The van der Waals surface area contributed by atoms with Crippen molar-refractivity contribution in [2.45, 2.75) is 25.2 Å². The van der Waals surface area contributed by atoms with Crippen LogP contribution in [-0.4, -0.2) is 5.40 Å². The summed E-state index contributed by atoms with van der Waals surface area (Å²) in [7, 11) is -8.40. The number of rotatable bonds is 12. The van der Waals surface area contributed by atoms with Crippen molar-refractivity contribution in [3.05, 3.63) is 121 Å². The Hall–Kier alpha value is -3.46. The molecule has 36 heavy (non-hydrogen) atoms. The fraction of sp³-hybridized carbons (Fsp3) is 0.143.